The number of halogens is 4. The summed E-state index contributed by atoms with van der Waals surface area (Å²) in [5.74, 6) is 0. The van der Waals surface area contributed by atoms with Crippen molar-refractivity contribution in [3.05, 3.63) is 0 Å². The van der Waals surface area contributed by atoms with E-state index in [0.717, 1.165) is 0 Å². The third-order valence-corrected chi connectivity index (χ3v) is 2.71. The monoisotopic (exact) mass is 271 g/mol. The molecule has 0 aliphatic heterocycles. The van der Waals surface area contributed by atoms with Gasteiger partial charge in [-0.2, -0.15) is 0 Å². The molecule has 0 atom stereocenters. The molecule has 0 rings (SSSR count). The van der Waals surface area contributed by atoms with E-state index in [1.165, 1.54) is 70.6 Å². The second-order valence-electron chi connectivity index (χ2n) is 4.68. The van der Waals surface area contributed by atoms with Crippen molar-refractivity contribution in [3.8, 4) is 0 Å². The van der Waals surface area contributed by atoms with Crippen LogP contribution < -0.4 is 0 Å². The lowest BCUT2D eigenvalue weighted by Gasteiger charge is -2.00. The van der Waals surface area contributed by atoms with E-state index in [9.17, 15) is 17.3 Å². The summed E-state index contributed by atoms with van der Waals surface area (Å²) in [6, 6.07) is 0. The third-order valence-electron chi connectivity index (χ3n) is 2.71. The van der Waals surface area contributed by atoms with Crippen molar-refractivity contribution < 1.29 is 17.3 Å². The Morgan fingerprint density at radius 2 is 0.667 bits per heavy atom. The van der Waals surface area contributed by atoms with E-state index < -0.39 is 7.25 Å². The largest absolute Gasteiger partial charge is 0.673 e. The molecule has 18 heavy (non-hydrogen) atoms. The number of hydrogen-bond acceptors (Lipinski definition) is 0. The van der Waals surface area contributed by atoms with E-state index in [4.69, 9.17) is 0 Å². The van der Waals surface area contributed by atoms with Crippen LogP contribution in [-0.2, 0) is 0 Å². The molecule has 0 saturated heterocycles. The smallest absolute Gasteiger partial charge is 0.418 e. The summed E-state index contributed by atoms with van der Waals surface area (Å²) in [5, 5.41) is 0. The van der Waals surface area contributed by atoms with Gasteiger partial charge in [0, 0.05) is 0 Å². The zero-order chi connectivity index (χ0) is 14.3. The molecular weight excluding hydrogens is 243 g/mol. The first-order valence-electron chi connectivity index (χ1n) is 7.29. The van der Waals surface area contributed by atoms with Crippen LogP contribution in [-0.4, -0.2) is 7.25 Å². The first kappa shape index (κ1) is 20.1. The van der Waals surface area contributed by atoms with Crippen LogP contribution in [0.5, 0.6) is 0 Å². The number of rotatable bonds is 10. The average molecular weight is 271 g/mol. The molecule has 0 aliphatic carbocycles. The SMILES string of the molecule is CCCCCCCCCCCCC.F[B-](F)(F)F. The summed E-state index contributed by atoms with van der Waals surface area (Å²) in [5.41, 5.74) is 0. The van der Waals surface area contributed by atoms with Crippen LogP contribution in [0, 0.1) is 0 Å². The summed E-state index contributed by atoms with van der Waals surface area (Å²) in [6.45, 7) is 4.56. The van der Waals surface area contributed by atoms with Crippen LogP contribution in [0.3, 0.4) is 0 Å². The van der Waals surface area contributed by atoms with Gasteiger partial charge in [-0.3, -0.25) is 0 Å². The summed E-state index contributed by atoms with van der Waals surface area (Å²) in [6.07, 6.45) is 15.9. The Morgan fingerprint density at radius 1 is 0.500 bits per heavy atom. The molecule has 0 aromatic heterocycles. The highest BCUT2D eigenvalue weighted by Gasteiger charge is 2.20. The van der Waals surface area contributed by atoms with Gasteiger partial charge in [-0.05, 0) is 0 Å². The van der Waals surface area contributed by atoms with Crippen LogP contribution in [0.25, 0.3) is 0 Å². The van der Waals surface area contributed by atoms with Gasteiger partial charge in [0.05, 0.1) is 0 Å². The summed E-state index contributed by atoms with van der Waals surface area (Å²) >= 11 is 0. The van der Waals surface area contributed by atoms with E-state index in [2.05, 4.69) is 13.8 Å². The zero-order valence-corrected chi connectivity index (χ0v) is 11.9. The summed E-state index contributed by atoms with van der Waals surface area (Å²) in [4.78, 5) is 0. The first-order chi connectivity index (χ1) is 8.41. The molecule has 0 heterocycles. The van der Waals surface area contributed by atoms with Gasteiger partial charge < -0.3 is 17.3 Å². The average Bonchev–Trinajstić information content (AvgIpc) is 2.25. The molecule has 0 fully saturated rings. The van der Waals surface area contributed by atoms with Crippen LogP contribution in [0.4, 0.5) is 17.3 Å². The lowest BCUT2D eigenvalue weighted by molar-refractivity contribution is 0.368. The van der Waals surface area contributed by atoms with Crippen molar-refractivity contribution in [2.45, 2.75) is 84.5 Å². The van der Waals surface area contributed by atoms with Crippen LogP contribution >= 0.6 is 0 Å². The van der Waals surface area contributed by atoms with Gasteiger partial charge in [-0.15, -0.1) is 0 Å². The van der Waals surface area contributed by atoms with Gasteiger partial charge >= 0.3 is 7.25 Å². The van der Waals surface area contributed by atoms with Gasteiger partial charge in [0.15, 0.2) is 0 Å². The van der Waals surface area contributed by atoms with Gasteiger partial charge in [0.2, 0.25) is 0 Å². The Kier molecular flexibility index (Phi) is 16.6. The lowest BCUT2D eigenvalue weighted by atomic mass is 10.1. The molecule has 0 amide bonds. The highest BCUT2D eigenvalue weighted by molar-refractivity contribution is 6.50. The molecule has 0 bridgehead atoms. The lowest BCUT2D eigenvalue weighted by Crippen LogP contribution is -2.02. The second-order valence-corrected chi connectivity index (χ2v) is 4.68. The molecule has 0 aromatic carbocycles. The molecule has 0 nitrogen and oxygen atoms in total. The Morgan fingerprint density at radius 3 is 0.833 bits per heavy atom. The minimum Gasteiger partial charge on any atom is -0.418 e. The zero-order valence-electron chi connectivity index (χ0n) is 11.9. The fourth-order valence-corrected chi connectivity index (χ4v) is 1.74. The first-order valence-corrected chi connectivity index (χ1v) is 7.29. The maximum atomic E-state index is 9.75. The van der Waals surface area contributed by atoms with Gasteiger partial charge in [-0.1, -0.05) is 84.5 Å². The van der Waals surface area contributed by atoms with Gasteiger partial charge in [0.1, 0.15) is 0 Å². The van der Waals surface area contributed by atoms with Crippen molar-refractivity contribution in [3.63, 3.8) is 0 Å². The molecule has 5 heteroatoms. The highest BCUT2D eigenvalue weighted by atomic mass is 19.5. The Labute approximate surface area is 110 Å². The van der Waals surface area contributed by atoms with Gasteiger partial charge in [-0.25, -0.2) is 0 Å². The molecule has 0 radical (unpaired) electrons. The molecular formula is C13H28BF4-. The van der Waals surface area contributed by atoms with Crippen LogP contribution in [0.2, 0.25) is 0 Å². The normalized spacial score (nSPS) is 11.0. The Balaban J connectivity index is 0. The minimum atomic E-state index is -6.00. The van der Waals surface area contributed by atoms with Crippen molar-refractivity contribution >= 4 is 7.25 Å². The molecule has 0 aromatic rings. The number of unbranched alkanes of at least 4 members (excludes halogenated alkanes) is 10. The molecule has 0 aliphatic rings. The predicted octanol–water partition coefficient (Wildman–Crippen LogP) is 6.62. The quantitative estimate of drug-likeness (QED) is 0.238. The van der Waals surface area contributed by atoms with Crippen molar-refractivity contribution in [1.82, 2.24) is 0 Å². The Hall–Kier alpha value is -0.215. The van der Waals surface area contributed by atoms with Crippen LogP contribution in [0.15, 0.2) is 0 Å². The molecule has 0 unspecified atom stereocenters. The molecule has 0 N–H and O–H groups in total. The maximum Gasteiger partial charge on any atom is 0.673 e. The topological polar surface area (TPSA) is 0 Å². The van der Waals surface area contributed by atoms with E-state index in [-0.39, 0.29) is 0 Å². The number of hydrogen-bond donors (Lipinski definition) is 0. The Bertz CT molecular complexity index is 132. The minimum absolute atomic E-state index is 1.37. The third kappa shape index (κ3) is 36.0. The van der Waals surface area contributed by atoms with E-state index >= 15 is 0 Å². The van der Waals surface area contributed by atoms with E-state index in [1.807, 2.05) is 0 Å². The van der Waals surface area contributed by atoms with Crippen molar-refractivity contribution in [1.29, 1.82) is 0 Å². The van der Waals surface area contributed by atoms with Crippen molar-refractivity contribution in [2.24, 2.45) is 0 Å². The molecule has 112 valence electrons. The van der Waals surface area contributed by atoms with Crippen molar-refractivity contribution in [2.75, 3.05) is 0 Å². The van der Waals surface area contributed by atoms with Crippen LogP contribution in [0.1, 0.15) is 84.5 Å². The second kappa shape index (κ2) is 14.8. The van der Waals surface area contributed by atoms with Gasteiger partial charge in [0.25, 0.3) is 0 Å². The summed E-state index contributed by atoms with van der Waals surface area (Å²) in [7, 11) is -6.00. The predicted molar refractivity (Wildman–Crippen MR) is 72.3 cm³/mol. The highest BCUT2D eigenvalue weighted by Crippen LogP contribution is 2.10. The molecule has 0 saturated carbocycles. The fourth-order valence-electron chi connectivity index (χ4n) is 1.74. The summed E-state index contributed by atoms with van der Waals surface area (Å²) < 4.78 is 39.0. The molecule has 0 spiro atoms. The van der Waals surface area contributed by atoms with E-state index in [1.54, 1.807) is 0 Å². The standard InChI is InChI=1S/C13H28.BF4/c1-3-5-7-9-11-13-12-10-8-6-4-2;2-1(3,4)5/h3-13H2,1-2H3;/q;-1. The van der Waals surface area contributed by atoms with E-state index in [0.29, 0.717) is 0 Å². The fraction of sp³-hybridized carbons (Fsp3) is 1.00. The maximum absolute atomic E-state index is 9.75.